The normalized spacial score (nSPS) is 20.0. The molecule has 3 rings (SSSR count). The Hall–Kier alpha value is -1.53. The van der Waals surface area contributed by atoms with Crippen molar-refractivity contribution >= 4 is 18.7 Å². The van der Waals surface area contributed by atoms with Crippen LogP contribution in [0.3, 0.4) is 0 Å². The van der Waals surface area contributed by atoms with Crippen LogP contribution in [0.5, 0.6) is 0 Å². The van der Waals surface area contributed by atoms with Crippen molar-refractivity contribution in [2.75, 3.05) is 13.2 Å². The largest absolute Gasteiger partial charge is 0.494 e. The summed E-state index contributed by atoms with van der Waals surface area (Å²) in [7, 11) is -0.297. The first-order valence-corrected chi connectivity index (χ1v) is 8.52. The van der Waals surface area contributed by atoms with Crippen LogP contribution in [-0.2, 0) is 27.0 Å². The summed E-state index contributed by atoms with van der Waals surface area (Å²) < 4.78 is 17.2. The molecule has 0 aromatic heterocycles. The Kier molecular flexibility index (Phi) is 4.38. The second-order valence-electron chi connectivity index (χ2n) is 8.20. The van der Waals surface area contributed by atoms with Gasteiger partial charge in [0.1, 0.15) is 5.60 Å². The molecule has 5 nitrogen and oxygen atoms in total. The lowest BCUT2D eigenvalue weighted by Crippen LogP contribution is -2.41. The summed E-state index contributed by atoms with van der Waals surface area (Å²) in [6, 6.07) is 6.25. The molecule has 0 N–H and O–H groups in total. The first-order valence-electron chi connectivity index (χ1n) is 8.52. The quantitative estimate of drug-likeness (QED) is 0.742. The van der Waals surface area contributed by atoms with Crippen molar-refractivity contribution in [2.45, 2.75) is 58.8 Å². The average molecular weight is 331 g/mol. The lowest BCUT2D eigenvalue weighted by molar-refractivity contribution is 0.0224. The van der Waals surface area contributed by atoms with Gasteiger partial charge in [-0.15, -0.1) is 0 Å². The van der Waals surface area contributed by atoms with E-state index in [4.69, 9.17) is 14.0 Å². The van der Waals surface area contributed by atoms with Crippen LogP contribution in [0, 0.1) is 0 Å². The maximum absolute atomic E-state index is 12.2. The highest BCUT2D eigenvalue weighted by atomic mass is 16.7. The molecule has 2 heterocycles. The van der Waals surface area contributed by atoms with E-state index < -0.39 is 5.60 Å². The molecular formula is C18H26BNO4. The Bertz CT molecular complexity index is 638. The molecule has 24 heavy (non-hydrogen) atoms. The van der Waals surface area contributed by atoms with Gasteiger partial charge in [-0.1, -0.05) is 18.2 Å². The number of amides is 1. The number of nitrogens with zero attached hydrogens (tertiary/aromatic N) is 1. The van der Waals surface area contributed by atoms with E-state index in [1.807, 2.05) is 40.7 Å². The van der Waals surface area contributed by atoms with Gasteiger partial charge >= 0.3 is 13.2 Å². The van der Waals surface area contributed by atoms with Crippen molar-refractivity contribution in [1.82, 2.24) is 4.90 Å². The number of hydrogen-bond acceptors (Lipinski definition) is 4. The molecule has 0 bridgehead atoms. The molecule has 0 spiro atoms. The third-order valence-corrected chi connectivity index (χ3v) is 4.17. The number of carbonyl (C=O) groups is 1. The molecule has 2 aliphatic rings. The van der Waals surface area contributed by atoms with Crippen LogP contribution in [0.4, 0.5) is 4.79 Å². The molecule has 0 atom stereocenters. The Morgan fingerprint density at radius 2 is 2.04 bits per heavy atom. The number of ether oxygens (including phenoxy) is 1. The molecule has 0 radical (unpaired) electrons. The minimum Gasteiger partial charge on any atom is -0.444 e. The molecule has 130 valence electrons. The molecule has 6 heteroatoms. The van der Waals surface area contributed by atoms with E-state index in [-0.39, 0.29) is 18.8 Å². The van der Waals surface area contributed by atoms with Gasteiger partial charge in [0.15, 0.2) is 0 Å². The van der Waals surface area contributed by atoms with Crippen LogP contribution in [0.2, 0.25) is 0 Å². The monoisotopic (exact) mass is 331 g/mol. The molecule has 1 aromatic carbocycles. The fourth-order valence-electron chi connectivity index (χ4n) is 3.00. The first kappa shape index (κ1) is 17.3. The van der Waals surface area contributed by atoms with Gasteiger partial charge < -0.3 is 18.9 Å². The minimum atomic E-state index is -0.467. The Morgan fingerprint density at radius 1 is 1.29 bits per heavy atom. The highest BCUT2D eigenvalue weighted by molar-refractivity contribution is 6.61. The van der Waals surface area contributed by atoms with Crippen LogP contribution in [0.25, 0.3) is 0 Å². The topological polar surface area (TPSA) is 48.0 Å². The van der Waals surface area contributed by atoms with Crippen molar-refractivity contribution in [3.63, 3.8) is 0 Å². The number of benzene rings is 1. The summed E-state index contributed by atoms with van der Waals surface area (Å²) in [5, 5.41) is 0. The predicted octanol–water partition coefficient (Wildman–Crippen LogP) is 2.50. The van der Waals surface area contributed by atoms with Gasteiger partial charge in [0.2, 0.25) is 0 Å². The van der Waals surface area contributed by atoms with Crippen molar-refractivity contribution < 1.29 is 18.8 Å². The van der Waals surface area contributed by atoms with Crippen molar-refractivity contribution in [2.24, 2.45) is 0 Å². The number of carbonyl (C=O) groups excluding carboxylic acids is 1. The second kappa shape index (κ2) is 6.08. The highest BCUT2D eigenvalue weighted by Crippen LogP contribution is 2.23. The molecule has 1 saturated heterocycles. The molecule has 0 aliphatic carbocycles. The van der Waals surface area contributed by atoms with E-state index in [9.17, 15) is 4.79 Å². The molecule has 1 amide bonds. The summed E-state index contributed by atoms with van der Waals surface area (Å²) in [5.74, 6) is 0. The van der Waals surface area contributed by atoms with Crippen LogP contribution < -0.4 is 5.46 Å². The molecular weight excluding hydrogens is 305 g/mol. The Morgan fingerprint density at radius 3 is 2.67 bits per heavy atom. The van der Waals surface area contributed by atoms with Crippen LogP contribution in [-0.4, -0.2) is 42.5 Å². The lowest BCUT2D eigenvalue weighted by Gasteiger charge is -2.31. The van der Waals surface area contributed by atoms with E-state index in [1.165, 1.54) is 5.56 Å². The van der Waals surface area contributed by atoms with E-state index in [2.05, 4.69) is 12.1 Å². The standard InChI is InChI=1S/C18H26BNO4/c1-17(2,3)23-16(21)20-9-8-13-10-15(7-6-14(13)11-20)19-22-12-18(4,5)24-19/h6-7,10H,8-9,11-12H2,1-5H3. The summed E-state index contributed by atoms with van der Waals surface area (Å²) >= 11 is 0. The third-order valence-electron chi connectivity index (χ3n) is 4.17. The number of hydrogen-bond donors (Lipinski definition) is 0. The van der Waals surface area contributed by atoms with Gasteiger partial charge in [-0.3, -0.25) is 0 Å². The Labute approximate surface area is 144 Å². The van der Waals surface area contributed by atoms with Gasteiger partial charge in [-0.25, -0.2) is 4.79 Å². The van der Waals surface area contributed by atoms with Gasteiger partial charge in [-0.2, -0.15) is 0 Å². The zero-order chi connectivity index (χ0) is 17.5. The van der Waals surface area contributed by atoms with Crippen LogP contribution in [0.1, 0.15) is 45.7 Å². The number of fused-ring (bicyclic) bond motifs is 1. The molecule has 2 aliphatic heterocycles. The van der Waals surface area contributed by atoms with Crippen molar-refractivity contribution in [3.05, 3.63) is 29.3 Å². The second-order valence-corrected chi connectivity index (χ2v) is 8.20. The minimum absolute atomic E-state index is 0.242. The lowest BCUT2D eigenvalue weighted by atomic mass is 9.77. The van der Waals surface area contributed by atoms with Crippen LogP contribution >= 0.6 is 0 Å². The first-order chi connectivity index (χ1) is 11.1. The van der Waals surface area contributed by atoms with Crippen molar-refractivity contribution in [3.8, 4) is 0 Å². The third kappa shape index (κ3) is 3.93. The maximum atomic E-state index is 12.2. The fraction of sp³-hybridized carbons (Fsp3) is 0.611. The van der Waals surface area contributed by atoms with E-state index in [0.717, 1.165) is 17.4 Å². The Balaban J connectivity index is 1.70. The van der Waals surface area contributed by atoms with Gasteiger partial charge in [0.25, 0.3) is 0 Å². The zero-order valence-corrected chi connectivity index (χ0v) is 15.2. The smallest absolute Gasteiger partial charge is 0.444 e. The van der Waals surface area contributed by atoms with E-state index >= 15 is 0 Å². The zero-order valence-electron chi connectivity index (χ0n) is 15.2. The summed E-state index contributed by atoms with van der Waals surface area (Å²) in [6.07, 6.45) is 0.569. The average Bonchev–Trinajstić information content (AvgIpc) is 2.84. The summed E-state index contributed by atoms with van der Waals surface area (Å²) in [4.78, 5) is 14.0. The number of rotatable bonds is 1. The molecule has 0 saturated carbocycles. The van der Waals surface area contributed by atoms with E-state index in [0.29, 0.717) is 19.7 Å². The van der Waals surface area contributed by atoms with Gasteiger partial charge in [0.05, 0.1) is 12.2 Å². The van der Waals surface area contributed by atoms with Gasteiger partial charge in [-0.05, 0) is 57.6 Å². The fourth-order valence-corrected chi connectivity index (χ4v) is 3.00. The van der Waals surface area contributed by atoms with Crippen LogP contribution in [0.15, 0.2) is 18.2 Å². The molecule has 1 fully saturated rings. The molecule has 1 aromatic rings. The van der Waals surface area contributed by atoms with Crippen molar-refractivity contribution in [1.29, 1.82) is 0 Å². The van der Waals surface area contributed by atoms with Gasteiger partial charge in [0, 0.05) is 13.1 Å². The predicted molar refractivity (Wildman–Crippen MR) is 93.3 cm³/mol. The maximum Gasteiger partial charge on any atom is 0.494 e. The highest BCUT2D eigenvalue weighted by Gasteiger charge is 2.38. The SMILES string of the molecule is CC(C)(C)OC(=O)N1CCc2cc(B3OCC(C)(C)O3)ccc2C1. The summed E-state index contributed by atoms with van der Waals surface area (Å²) in [5.41, 5.74) is 2.75. The van der Waals surface area contributed by atoms with E-state index in [1.54, 1.807) is 4.90 Å². The summed E-state index contributed by atoms with van der Waals surface area (Å²) in [6.45, 7) is 11.6. The molecule has 0 unspecified atom stereocenters.